The number of carbonyl (C=O) groups is 1. The lowest BCUT2D eigenvalue weighted by atomic mass is 10.3. The predicted octanol–water partition coefficient (Wildman–Crippen LogP) is 6.49. The minimum Gasteiger partial charge on any atom is -0.477 e. The van der Waals surface area contributed by atoms with Gasteiger partial charge in [0.05, 0.1) is 5.69 Å². The molecule has 0 bridgehead atoms. The summed E-state index contributed by atoms with van der Waals surface area (Å²) in [6.45, 7) is 0. The van der Waals surface area contributed by atoms with E-state index in [2.05, 4.69) is 25.9 Å². The van der Waals surface area contributed by atoms with Crippen LogP contribution >= 0.6 is 27.7 Å². The summed E-state index contributed by atoms with van der Waals surface area (Å²) < 4.78 is 47.4. The third kappa shape index (κ3) is 4.52. The number of hydrogen-bond acceptors (Lipinski definition) is 6. The Kier molecular flexibility index (Phi) is 5.63. The minimum absolute atomic E-state index is 0.0584. The van der Waals surface area contributed by atoms with E-state index >= 15 is 0 Å². The van der Waals surface area contributed by atoms with E-state index in [9.17, 15) is 18.0 Å². The van der Waals surface area contributed by atoms with E-state index in [1.165, 1.54) is 54.4 Å². The smallest absolute Gasteiger partial charge is 0.477 e. The van der Waals surface area contributed by atoms with E-state index in [4.69, 9.17) is 9.52 Å². The molecule has 0 fully saturated rings. The topological polar surface area (TPSA) is 79.5 Å². The van der Waals surface area contributed by atoms with E-state index in [0.29, 0.717) is 14.3 Å². The third-order valence-electron chi connectivity index (χ3n) is 4.08. The number of pyridine rings is 1. The fourth-order valence-corrected chi connectivity index (χ4v) is 4.04. The van der Waals surface area contributed by atoms with Crippen molar-refractivity contribution in [3.8, 4) is 0 Å². The summed E-state index contributed by atoms with van der Waals surface area (Å²) in [7, 11) is 0. The minimum atomic E-state index is -4.77. The molecule has 0 atom stereocenters. The maximum absolute atomic E-state index is 13.8. The first-order valence-electron chi connectivity index (χ1n) is 8.61. The van der Waals surface area contributed by atoms with Gasteiger partial charge in [-0.05, 0) is 64.5 Å². The fourth-order valence-electron chi connectivity index (χ4n) is 2.76. The van der Waals surface area contributed by atoms with Crippen molar-refractivity contribution in [2.75, 3.05) is 4.90 Å². The van der Waals surface area contributed by atoms with Gasteiger partial charge in [-0.2, -0.15) is 4.98 Å². The Labute approximate surface area is 185 Å². The van der Waals surface area contributed by atoms with Crippen LogP contribution in [0.5, 0.6) is 0 Å². The van der Waals surface area contributed by atoms with Crippen molar-refractivity contribution in [2.45, 2.75) is 16.1 Å². The molecule has 0 aliphatic rings. The molecule has 2 heterocycles. The number of carboxylic acid groups (broad SMARTS) is 1. The number of aromatic nitrogens is 2. The van der Waals surface area contributed by atoms with E-state index < -0.39 is 18.3 Å². The summed E-state index contributed by atoms with van der Waals surface area (Å²) in [5.41, 5.74) is 0.205. The maximum Gasteiger partial charge on any atom is 0.492 e. The first-order valence-corrected chi connectivity index (χ1v) is 10.2. The fraction of sp³-hybridized carbons (Fsp3) is 0.0500. The Morgan fingerprint density at radius 3 is 2.48 bits per heavy atom. The Morgan fingerprint density at radius 1 is 1.10 bits per heavy atom. The summed E-state index contributed by atoms with van der Waals surface area (Å²) in [6, 6.07) is 12.8. The number of para-hydroxylation sites is 1. The van der Waals surface area contributed by atoms with Crippen molar-refractivity contribution in [3.63, 3.8) is 0 Å². The van der Waals surface area contributed by atoms with Gasteiger partial charge in [0.25, 0.3) is 0 Å². The number of anilines is 2. The molecule has 158 valence electrons. The van der Waals surface area contributed by atoms with Gasteiger partial charge in [-0.15, -0.1) is 13.2 Å². The molecule has 0 unspecified atom stereocenters. The van der Waals surface area contributed by atoms with Gasteiger partial charge in [-0.1, -0.05) is 17.8 Å². The second-order valence-electron chi connectivity index (χ2n) is 6.16. The SMILES string of the molecule is O=C(O)c1cc(Sc2ccc(N(c3nc4c(Br)cccc4o3)C(F)(F)F)cc2)ccn1. The Bertz CT molecular complexity index is 1260. The third-order valence-corrected chi connectivity index (χ3v) is 5.72. The molecule has 4 aromatic rings. The summed E-state index contributed by atoms with van der Waals surface area (Å²) >= 11 is 4.46. The average molecular weight is 510 g/mol. The quantitative estimate of drug-likeness (QED) is 0.308. The molecule has 0 saturated carbocycles. The molecular formula is C20H11BrF3N3O3S. The zero-order valence-corrected chi connectivity index (χ0v) is 17.7. The number of oxazole rings is 1. The van der Waals surface area contributed by atoms with E-state index in [0.717, 1.165) is 0 Å². The van der Waals surface area contributed by atoms with Crippen LogP contribution in [0.1, 0.15) is 10.5 Å². The number of carboxylic acids is 1. The highest BCUT2D eigenvalue weighted by Crippen LogP contribution is 2.39. The van der Waals surface area contributed by atoms with Crippen LogP contribution in [-0.4, -0.2) is 27.3 Å². The molecule has 4 rings (SSSR count). The summed E-state index contributed by atoms with van der Waals surface area (Å²) in [6.07, 6.45) is -3.42. The van der Waals surface area contributed by atoms with Crippen molar-refractivity contribution < 1.29 is 27.5 Å². The predicted molar refractivity (Wildman–Crippen MR) is 112 cm³/mol. The number of nitrogens with zero attached hydrogens (tertiary/aromatic N) is 3. The number of fused-ring (bicyclic) bond motifs is 1. The molecule has 0 aliphatic heterocycles. The van der Waals surface area contributed by atoms with Crippen LogP contribution < -0.4 is 4.90 Å². The van der Waals surface area contributed by atoms with Crippen LogP contribution in [0.3, 0.4) is 0 Å². The van der Waals surface area contributed by atoms with E-state index in [1.54, 1.807) is 18.2 Å². The largest absolute Gasteiger partial charge is 0.492 e. The van der Waals surface area contributed by atoms with E-state index in [-0.39, 0.29) is 27.4 Å². The maximum atomic E-state index is 13.8. The van der Waals surface area contributed by atoms with Crippen LogP contribution in [-0.2, 0) is 0 Å². The van der Waals surface area contributed by atoms with Crippen molar-refractivity contribution in [3.05, 3.63) is 71.0 Å². The zero-order valence-electron chi connectivity index (χ0n) is 15.3. The lowest BCUT2D eigenvalue weighted by Crippen LogP contribution is -2.33. The average Bonchev–Trinajstić information content (AvgIpc) is 3.13. The molecule has 0 radical (unpaired) electrons. The number of aromatic carboxylic acids is 1. The van der Waals surface area contributed by atoms with E-state index in [1.807, 2.05) is 0 Å². The van der Waals surface area contributed by atoms with Gasteiger partial charge in [0.2, 0.25) is 0 Å². The van der Waals surface area contributed by atoms with Crippen LogP contribution in [0.25, 0.3) is 11.1 Å². The van der Waals surface area contributed by atoms with Gasteiger partial charge < -0.3 is 9.52 Å². The van der Waals surface area contributed by atoms with Gasteiger partial charge in [0, 0.05) is 20.5 Å². The van der Waals surface area contributed by atoms with Gasteiger partial charge in [0.15, 0.2) is 5.58 Å². The second-order valence-corrected chi connectivity index (χ2v) is 8.17. The molecule has 2 aromatic heterocycles. The van der Waals surface area contributed by atoms with Gasteiger partial charge in [-0.25, -0.2) is 14.7 Å². The highest BCUT2D eigenvalue weighted by Gasteiger charge is 2.42. The van der Waals surface area contributed by atoms with Crippen LogP contribution in [0, 0.1) is 0 Å². The van der Waals surface area contributed by atoms with Crippen LogP contribution in [0.4, 0.5) is 24.9 Å². The van der Waals surface area contributed by atoms with Gasteiger partial charge in [0.1, 0.15) is 11.2 Å². The van der Waals surface area contributed by atoms with Crippen LogP contribution in [0.15, 0.2) is 79.5 Å². The molecule has 1 N–H and O–H groups in total. The standard InChI is InChI=1S/C20H11BrF3N3O3S/c21-14-2-1-3-16-17(14)26-19(30-16)27(20(22,23)24)11-4-6-12(7-5-11)31-13-8-9-25-15(10-13)18(28)29/h1-10H,(H,28,29). The van der Waals surface area contributed by atoms with Gasteiger partial charge >= 0.3 is 18.3 Å². The summed E-state index contributed by atoms with van der Waals surface area (Å²) in [5, 5.41) is 9.03. The first kappa shape index (κ1) is 21.2. The number of halogens is 4. The van der Waals surface area contributed by atoms with Crippen molar-refractivity contribution in [1.29, 1.82) is 0 Å². The zero-order chi connectivity index (χ0) is 22.2. The normalized spacial score (nSPS) is 11.6. The number of hydrogen-bond donors (Lipinski definition) is 1. The number of alkyl halides is 3. The molecule has 0 saturated heterocycles. The first-order chi connectivity index (χ1) is 14.7. The lowest BCUT2D eigenvalue weighted by molar-refractivity contribution is -0.123. The molecule has 0 amide bonds. The molecule has 11 heteroatoms. The lowest BCUT2D eigenvalue weighted by Gasteiger charge is -2.23. The van der Waals surface area contributed by atoms with Crippen LogP contribution in [0.2, 0.25) is 0 Å². The van der Waals surface area contributed by atoms with Crippen molar-refractivity contribution >= 4 is 56.5 Å². The molecule has 2 aromatic carbocycles. The molecule has 31 heavy (non-hydrogen) atoms. The monoisotopic (exact) mass is 509 g/mol. The number of benzene rings is 2. The highest BCUT2D eigenvalue weighted by atomic mass is 79.9. The molecular weight excluding hydrogens is 499 g/mol. The molecule has 0 aliphatic carbocycles. The molecule has 6 nitrogen and oxygen atoms in total. The van der Waals surface area contributed by atoms with Gasteiger partial charge in [-0.3, -0.25) is 0 Å². The Morgan fingerprint density at radius 2 is 1.84 bits per heavy atom. The van der Waals surface area contributed by atoms with Crippen molar-refractivity contribution in [2.24, 2.45) is 0 Å². The Balaban J connectivity index is 1.65. The number of rotatable bonds is 5. The second kappa shape index (κ2) is 8.23. The highest BCUT2D eigenvalue weighted by molar-refractivity contribution is 9.10. The summed E-state index contributed by atoms with van der Waals surface area (Å²) in [5.74, 6) is -1.16. The Hall–Kier alpha value is -3.05. The molecule has 0 spiro atoms. The van der Waals surface area contributed by atoms with Crippen molar-refractivity contribution in [1.82, 2.24) is 9.97 Å². The summed E-state index contributed by atoms with van der Waals surface area (Å²) in [4.78, 5) is 20.0.